The van der Waals surface area contributed by atoms with Crippen LogP contribution in [-0.4, -0.2) is 47.7 Å². The van der Waals surface area contributed by atoms with Crippen LogP contribution in [0.5, 0.6) is 5.75 Å². The van der Waals surface area contributed by atoms with E-state index in [9.17, 15) is 9.59 Å². The van der Waals surface area contributed by atoms with Gasteiger partial charge in [0.25, 0.3) is 5.91 Å². The van der Waals surface area contributed by atoms with Crippen LogP contribution in [0, 0.1) is 5.92 Å². The summed E-state index contributed by atoms with van der Waals surface area (Å²) in [6.45, 7) is 1.13. The molecule has 3 aromatic rings. The molecule has 0 unspecified atom stereocenters. The van der Waals surface area contributed by atoms with Gasteiger partial charge in [0.15, 0.2) is 11.7 Å². The van der Waals surface area contributed by atoms with Crippen molar-refractivity contribution >= 4 is 40.0 Å². The Kier molecular flexibility index (Phi) is 7.44. The molecule has 0 bridgehead atoms. The van der Waals surface area contributed by atoms with Gasteiger partial charge >= 0.3 is 0 Å². The second kappa shape index (κ2) is 10.7. The summed E-state index contributed by atoms with van der Waals surface area (Å²) in [5, 5.41) is 5.51. The van der Waals surface area contributed by atoms with Crippen LogP contribution in [0.3, 0.4) is 0 Å². The fraction of sp³-hybridized carbons (Fsp3) is 0.292. The number of ether oxygens (including phenoxy) is 1. The number of para-hydroxylation sites is 1. The summed E-state index contributed by atoms with van der Waals surface area (Å²) in [7, 11) is 0. The van der Waals surface area contributed by atoms with E-state index in [4.69, 9.17) is 4.74 Å². The molecule has 1 N–H and O–H groups in total. The smallest absolute Gasteiger partial charge is 0.260 e. The van der Waals surface area contributed by atoms with Gasteiger partial charge in [0.2, 0.25) is 5.91 Å². The Labute approximate surface area is 196 Å². The maximum absolute atomic E-state index is 12.7. The number of anilines is 1. The molecule has 2 aromatic carbocycles. The summed E-state index contributed by atoms with van der Waals surface area (Å²) < 4.78 is 5.55. The number of thiazole rings is 1. The van der Waals surface area contributed by atoms with Crippen molar-refractivity contribution < 1.29 is 14.3 Å². The number of amides is 2. The second-order valence-electron chi connectivity index (χ2n) is 7.51. The maximum Gasteiger partial charge on any atom is 0.260 e. The summed E-state index contributed by atoms with van der Waals surface area (Å²) in [6.07, 6.45) is 3.32. The minimum atomic E-state index is -0.123. The van der Waals surface area contributed by atoms with Crippen LogP contribution in [0.2, 0.25) is 0 Å². The molecule has 1 aliphatic heterocycles. The molecule has 166 valence electrons. The number of hydrogen-bond donors (Lipinski definition) is 1. The van der Waals surface area contributed by atoms with E-state index < -0.39 is 0 Å². The third-order valence-corrected chi connectivity index (χ3v) is 6.95. The molecule has 32 heavy (non-hydrogen) atoms. The lowest BCUT2D eigenvalue weighted by Gasteiger charge is -2.31. The third kappa shape index (κ3) is 5.69. The van der Waals surface area contributed by atoms with Crippen LogP contribution in [0.4, 0.5) is 5.13 Å². The predicted octanol–water partition coefficient (Wildman–Crippen LogP) is 4.79. The number of rotatable bonds is 7. The molecule has 4 rings (SSSR count). The molecule has 0 aliphatic carbocycles. The number of hydrogen-bond acceptors (Lipinski definition) is 6. The number of likely N-dealkylation sites (tertiary alicyclic amines) is 1. The minimum Gasteiger partial charge on any atom is -0.484 e. The van der Waals surface area contributed by atoms with E-state index in [-0.39, 0.29) is 24.3 Å². The Morgan fingerprint density at radius 3 is 2.53 bits per heavy atom. The lowest BCUT2D eigenvalue weighted by molar-refractivity contribution is -0.136. The zero-order chi connectivity index (χ0) is 22.3. The van der Waals surface area contributed by atoms with Gasteiger partial charge < -0.3 is 15.0 Å². The van der Waals surface area contributed by atoms with Crippen molar-refractivity contribution in [3.63, 3.8) is 0 Å². The average molecular weight is 468 g/mol. The van der Waals surface area contributed by atoms with Crippen molar-refractivity contribution in [2.75, 3.05) is 31.3 Å². The van der Waals surface area contributed by atoms with Crippen LogP contribution in [0.25, 0.3) is 11.3 Å². The second-order valence-corrected chi connectivity index (χ2v) is 9.25. The van der Waals surface area contributed by atoms with Crippen molar-refractivity contribution in [3.05, 3.63) is 60.0 Å². The molecule has 0 spiro atoms. The summed E-state index contributed by atoms with van der Waals surface area (Å²) in [5.41, 5.74) is 1.89. The van der Waals surface area contributed by atoms with Crippen molar-refractivity contribution in [3.8, 4) is 17.0 Å². The standard InChI is InChI=1S/C24H25N3O3S2/c1-31-20-9-7-17(8-10-20)21-16-32-24(25-21)26-23(29)18-11-13-27(14-12-18)22(28)15-30-19-5-3-2-4-6-19/h2-10,16,18H,11-15H2,1H3,(H,25,26,29). The quantitative estimate of drug-likeness (QED) is 0.506. The van der Waals surface area contributed by atoms with E-state index in [0.717, 1.165) is 11.3 Å². The zero-order valence-corrected chi connectivity index (χ0v) is 19.5. The molecule has 0 saturated carbocycles. The molecular formula is C24H25N3O3S2. The SMILES string of the molecule is CSc1ccc(-c2csc(NC(=O)C3CCN(C(=O)COc4ccccc4)CC3)n2)cc1. The molecule has 8 heteroatoms. The molecule has 2 heterocycles. The number of benzene rings is 2. The van der Waals surface area contributed by atoms with E-state index in [1.54, 1.807) is 16.7 Å². The van der Waals surface area contributed by atoms with Gasteiger partial charge in [-0.05, 0) is 43.4 Å². The summed E-state index contributed by atoms with van der Waals surface area (Å²) in [5.74, 6) is 0.474. The van der Waals surface area contributed by atoms with E-state index in [0.29, 0.717) is 36.8 Å². The fourth-order valence-electron chi connectivity index (χ4n) is 3.58. The Morgan fingerprint density at radius 2 is 1.84 bits per heavy atom. The number of nitrogens with zero attached hydrogens (tertiary/aromatic N) is 2. The van der Waals surface area contributed by atoms with Gasteiger partial charge in [-0.25, -0.2) is 4.98 Å². The van der Waals surface area contributed by atoms with Crippen LogP contribution >= 0.6 is 23.1 Å². The summed E-state index contributed by atoms with van der Waals surface area (Å²) in [4.78, 5) is 32.7. The number of aromatic nitrogens is 1. The lowest BCUT2D eigenvalue weighted by Crippen LogP contribution is -2.43. The van der Waals surface area contributed by atoms with Crippen molar-refractivity contribution in [1.82, 2.24) is 9.88 Å². The van der Waals surface area contributed by atoms with Gasteiger partial charge in [0, 0.05) is 34.8 Å². The molecular weight excluding hydrogens is 442 g/mol. The Bertz CT molecular complexity index is 1050. The molecule has 0 radical (unpaired) electrons. The van der Waals surface area contributed by atoms with Crippen molar-refractivity contribution in [2.24, 2.45) is 5.92 Å². The Morgan fingerprint density at radius 1 is 1.12 bits per heavy atom. The fourth-order valence-corrected chi connectivity index (χ4v) is 4.71. The highest BCUT2D eigenvalue weighted by molar-refractivity contribution is 7.98. The predicted molar refractivity (Wildman–Crippen MR) is 129 cm³/mol. The topological polar surface area (TPSA) is 71.5 Å². The van der Waals surface area contributed by atoms with Gasteiger partial charge in [-0.2, -0.15) is 0 Å². The van der Waals surface area contributed by atoms with Gasteiger partial charge in [-0.3, -0.25) is 9.59 Å². The average Bonchev–Trinajstić information content (AvgIpc) is 3.31. The Hall–Kier alpha value is -2.84. The summed E-state index contributed by atoms with van der Waals surface area (Å²) in [6, 6.07) is 17.5. The normalized spacial score (nSPS) is 14.2. The number of thioether (sulfide) groups is 1. The van der Waals surface area contributed by atoms with Crippen LogP contribution in [-0.2, 0) is 9.59 Å². The van der Waals surface area contributed by atoms with Gasteiger partial charge in [-0.15, -0.1) is 23.1 Å². The molecule has 2 amide bonds. The van der Waals surface area contributed by atoms with Crippen molar-refractivity contribution in [2.45, 2.75) is 17.7 Å². The maximum atomic E-state index is 12.7. The van der Waals surface area contributed by atoms with E-state index in [1.807, 2.05) is 54.1 Å². The molecule has 1 saturated heterocycles. The molecule has 6 nitrogen and oxygen atoms in total. The van der Waals surface area contributed by atoms with Gasteiger partial charge in [-0.1, -0.05) is 30.3 Å². The number of nitrogens with one attached hydrogen (secondary N) is 1. The largest absolute Gasteiger partial charge is 0.484 e. The first-order chi connectivity index (χ1) is 15.6. The van der Waals surface area contributed by atoms with E-state index in [1.165, 1.54) is 16.2 Å². The molecule has 1 aliphatic rings. The van der Waals surface area contributed by atoms with Crippen LogP contribution < -0.4 is 10.1 Å². The highest BCUT2D eigenvalue weighted by Gasteiger charge is 2.28. The van der Waals surface area contributed by atoms with Gasteiger partial charge in [0.05, 0.1) is 5.69 Å². The third-order valence-electron chi connectivity index (χ3n) is 5.44. The highest BCUT2D eigenvalue weighted by atomic mass is 32.2. The molecule has 0 atom stereocenters. The molecule has 1 aromatic heterocycles. The highest BCUT2D eigenvalue weighted by Crippen LogP contribution is 2.28. The van der Waals surface area contributed by atoms with E-state index >= 15 is 0 Å². The molecule has 1 fully saturated rings. The first-order valence-corrected chi connectivity index (χ1v) is 12.6. The van der Waals surface area contributed by atoms with Gasteiger partial charge in [0.1, 0.15) is 5.75 Å². The number of carbonyl (C=O) groups excluding carboxylic acids is 2. The van der Waals surface area contributed by atoms with Crippen LogP contribution in [0.1, 0.15) is 12.8 Å². The van der Waals surface area contributed by atoms with Crippen molar-refractivity contribution in [1.29, 1.82) is 0 Å². The van der Waals surface area contributed by atoms with E-state index in [2.05, 4.69) is 22.4 Å². The first-order valence-electron chi connectivity index (χ1n) is 10.5. The number of piperidine rings is 1. The number of carbonyl (C=O) groups is 2. The lowest BCUT2D eigenvalue weighted by atomic mass is 9.96. The zero-order valence-electron chi connectivity index (χ0n) is 17.8. The monoisotopic (exact) mass is 467 g/mol. The minimum absolute atomic E-state index is 0.0146. The Balaban J connectivity index is 1.25. The van der Waals surface area contributed by atoms with Crippen LogP contribution in [0.15, 0.2) is 64.9 Å². The summed E-state index contributed by atoms with van der Waals surface area (Å²) >= 11 is 3.13. The first kappa shape index (κ1) is 22.4.